The molecule has 1 aromatic heterocycles. The van der Waals surface area contributed by atoms with Gasteiger partial charge in [0.25, 0.3) is 0 Å². The topological polar surface area (TPSA) is 46.9 Å². The van der Waals surface area contributed by atoms with Gasteiger partial charge in [-0.1, -0.05) is 30.3 Å². The zero-order valence-corrected chi connectivity index (χ0v) is 11.6. The van der Waals surface area contributed by atoms with Crippen LogP contribution < -0.4 is 5.32 Å². The Kier molecular flexibility index (Phi) is 3.54. The lowest BCUT2D eigenvalue weighted by Crippen LogP contribution is -2.35. The van der Waals surface area contributed by atoms with Crippen molar-refractivity contribution < 1.29 is 4.79 Å². The van der Waals surface area contributed by atoms with Crippen LogP contribution in [0.2, 0.25) is 0 Å². The maximum Gasteiger partial charge on any atom is 0.245 e. The summed E-state index contributed by atoms with van der Waals surface area (Å²) in [5.41, 5.74) is 1.19. The van der Waals surface area contributed by atoms with Gasteiger partial charge in [0.15, 0.2) is 0 Å². The van der Waals surface area contributed by atoms with Gasteiger partial charge in [0, 0.05) is 12.4 Å². The first-order valence-corrected chi connectivity index (χ1v) is 7.10. The maximum absolute atomic E-state index is 12.4. The molecule has 0 spiro atoms. The molecule has 1 amide bonds. The van der Waals surface area contributed by atoms with E-state index in [4.69, 9.17) is 0 Å². The molecule has 104 valence electrons. The van der Waals surface area contributed by atoms with E-state index in [2.05, 4.69) is 22.5 Å². The predicted molar refractivity (Wildman–Crippen MR) is 77.0 cm³/mol. The Bertz CT molecular complexity index is 561. The van der Waals surface area contributed by atoms with Gasteiger partial charge in [-0.2, -0.15) is 5.10 Å². The first-order valence-electron chi connectivity index (χ1n) is 7.10. The van der Waals surface area contributed by atoms with Crippen LogP contribution >= 0.6 is 0 Å². The maximum atomic E-state index is 12.4. The van der Waals surface area contributed by atoms with Crippen molar-refractivity contribution in [1.82, 2.24) is 15.1 Å². The van der Waals surface area contributed by atoms with Gasteiger partial charge in [-0.25, -0.2) is 0 Å². The van der Waals surface area contributed by atoms with Crippen molar-refractivity contribution in [3.8, 4) is 0 Å². The quantitative estimate of drug-likeness (QED) is 0.907. The molecule has 2 aromatic rings. The van der Waals surface area contributed by atoms with Crippen LogP contribution in [0.15, 0.2) is 48.8 Å². The number of hydrogen-bond donors (Lipinski definition) is 1. The summed E-state index contributed by atoms with van der Waals surface area (Å²) in [5.74, 6) is 0.598. The lowest BCUT2D eigenvalue weighted by molar-refractivity contribution is -0.125. The van der Waals surface area contributed by atoms with E-state index in [0.29, 0.717) is 5.92 Å². The fraction of sp³-hybridized carbons (Fsp3) is 0.375. The molecular weight excluding hydrogens is 250 g/mol. The van der Waals surface area contributed by atoms with E-state index in [-0.39, 0.29) is 18.0 Å². The highest BCUT2D eigenvalue weighted by atomic mass is 16.2. The zero-order valence-electron chi connectivity index (χ0n) is 11.6. The minimum atomic E-state index is -0.282. The Morgan fingerprint density at radius 1 is 1.30 bits per heavy atom. The van der Waals surface area contributed by atoms with Crippen LogP contribution in [0.5, 0.6) is 0 Å². The average Bonchev–Trinajstić information content (AvgIpc) is 3.18. The summed E-state index contributed by atoms with van der Waals surface area (Å²) in [6, 6.07) is 11.9. The molecule has 1 aromatic carbocycles. The molecule has 0 saturated heterocycles. The van der Waals surface area contributed by atoms with Crippen molar-refractivity contribution >= 4 is 5.91 Å². The molecule has 4 nitrogen and oxygen atoms in total. The fourth-order valence-corrected chi connectivity index (χ4v) is 2.47. The first-order chi connectivity index (χ1) is 9.75. The minimum Gasteiger partial charge on any atom is -0.347 e. The van der Waals surface area contributed by atoms with E-state index in [1.54, 1.807) is 10.9 Å². The van der Waals surface area contributed by atoms with Crippen LogP contribution in [0, 0.1) is 5.92 Å². The third-order valence-electron chi connectivity index (χ3n) is 3.85. The van der Waals surface area contributed by atoms with Gasteiger partial charge in [-0.15, -0.1) is 0 Å². The normalized spacial score (nSPS) is 17.4. The standard InChI is InChI=1S/C16H19N3O/c1-12(19-11-5-10-17-19)16(20)18-15(14-8-9-14)13-6-3-2-4-7-13/h2-7,10-12,14-15H,8-9H2,1H3,(H,18,20). The summed E-state index contributed by atoms with van der Waals surface area (Å²) in [7, 11) is 0. The van der Waals surface area contributed by atoms with Crippen molar-refractivity contribution in [1.29, 1.82) is 0 Å². The summed E-state index contributed by atoms with van der Waals surface area (Å²) in [4.78, 5) is 12.4. The number of amides is 1. The molecule has 0 bridgehead atoms. The number of carbonyl (C=O) groups is 1. The minimum absolute atomic E-state index is 0.0226. The van der Waals surface area contributed by atoms with E-state index < -0.39 is 0 Å². The molecule has 1 N–H and O–H groups in total. The lowest BCUT2D eigenvalue weighted by atomic mass is 10.0. The molecule has 4 heteroatoms. The largest absolute Gasteiger partial charge is 0.347 e. The molecule has 1 fully saturated rings. The fourth-order valence-electron chi connectivity index (χ4n) is 2.47. The number of benzene rings is 1. The van der Waals surface area contributed by atoms with E-state index in [1.807, 2.05) is 37.4 Å². The molecule has 3 rings (SSSR count). The average molecular weight is 269 g/mol. The smallest absolute Gasteiger partial charge is 0.245 e. The van der Waals surface area contributed by atoms with Gasteiger partial charge in [0.2, 0.25) is 5.91 Å². The van der Waals surface area contributed by atoms with Crippen molar-refractivity contribution in [2.75, 3.05) is 0 Å². The second kappa shape index (κ2) is 5.49. The SMILES string of the molecule is CC(C(=O)NC(c1ccccc1)C1CC1)n1cccn1. The van der Waals surface area contributed by atoms with Crippen molar-refractivity contribution in [3.05, 3.63) is 54.4 Å². The number of rotatable bonds is 5. The van der Waals surface area contributed by atoms with Crippen molar-refractivity contribution in [2.45, 2.75) is 31.8 Å². The second-order valence-corrected chi connectivity index (χ2v) is 5.40. The van der Waals surface area contributed by atoms with E-state index in [0.717, 1.165) is 0 Å². The van der Waals surface area contributed by atoms with Crippen LogP contribution in [-0.4, -0.2) is 15.7 Å². The van der Waals surface area contributed by atoms with Gasteiger partial charge in [0.05, 0.1) is 6.04 Å². The van der Waals surface area contributed by atoms with Gasteiger partial charge >= 0.3 is 0 Å². The molecule has 0 aliphatic heterocycles. The highest BCUT2D eigenvalue weighted by molar-refractivity contribution is 5.80. The molecule has 2 atom stereocenters. The monoisotopic (exact) mass is 269 g/mol. The highest BCUT2D eigenvalue weighted by Crippen LogP contribution is 2.41. The lowest BCUT2D eigenvalue weighted by Gasteiger charge is -2.21. The Morgan fingerprint density at radius 2 is 2.05 bits per heavy atom. The van der Waals surface area contributed by atoms with E-state index in [1.165, 1.54) is 18.4 Å². The third kappa shape index (κ3) is 2.74. The van der Waals surface area contributed by atoms with Crippen molar-refractivity contribution in [2.24, 2.45) is 5.92 Å². The third-order valence-corrected chi connectivity index (χ3v) is 3.85. The Hall–Kier alpha value is -2.10. The molecule has 0 radical (unpaired) electrons. The van der Waals surface area contributed by atoms with Crippen LogP contribution in [0.3, 0.4) is 0 Å². The molecule has 20 heavy (non-hydrogen) atoms. The number of nitrogens with zero attached hydrogens (tertiary/aromatic N) is 2. The molecule has 1 heterocycles. The molecule has 2 unspecified atom stereocenters. The van der Waals surface area contributed by atoms with Crippen LogP contribution in [-0.2, 0) is 4.79 Å². The van der Waals surface area contributed by atoms with Gasteiger partial charge < -0.3 is 5.32 Å². The first kappa shape index (κ1) is 12.9. The zero-order chi connectivity index (χ0) is 13.9. The summed E-state index contributed by atoms with van der Waals surface area (Å²) in [6.07, 6.45) is 5.89. The number of carbonyl (C=O) groups excluding carboxylic acids is 1. The molecule has 1 aliphatic carbocycles. The number of nitrogens with one attached hydrogen (secondary N) is 1. The molecule has 1 saturated carbocycles. The van der Waals surface area contributed by atoms with Crippen LogP contribution in [0.1, 0.15) is 37.4 Å². The predicted octanol–water partition coefficient (Wildman–Crippen LogP) is 2.71. The van der Waals surface area contributed by atoms with E-state index in [9.17, 15) is 4.79 Å². The summed E-state index contributed by atoms with van der Waals surface area (Å²) in [5, 5.41) is 7.32. The van der Waals surface area contributed by atoms with Gasteiger partial charge in [0.1, 0.15) is 6.04 Å². The van der Waals surface area contributed by atoms with Crippen LogP contribution in [0.4, 0.5) is 0 Å². The summed E-state index contributed by atoms with van der Waals surface area (Å²) in [6.45, 7) is 1.87. The highest BCUT2D eigenvalue weighted by Gasteiger charge is 2.34. The Labute approximate surface area is 118 Å². The Balaban J connectivity index is 1.72. The van der Waals surface area contributed by atoms with Crippen LogP contribution in [0.25, 0.3) is 0 Å². The molecular formula is C16H19N3O. The number of aromatic nitrogens is 2. The second-order valence-electron chi connectivity index (χ2n) is 5.40. The van der Waals surface area contributed by atoms with Gasteiger partial charge in [-0.3, -0.25) is 9.48 Å². The summed E-state index contributed by atoms with van der Waals surface area (Å²) < 4.78 is 1.68. The van der Waals surface area contributed by atoms with Crippen molar-refractivity contribution in [3.63, 3.8) is 0 Å². The number of hydrogen-bond acceptors (Lipinski definition) is 2. The van der Waals surface area contributed by atoms with Gasteiger partial charge in [-0.05, 0) is 37.3 Å². The Morgan fingerprint density at radius 3 is 2.65 bits per heavy atom. The summed E-state index contributed by atoms with van der Waals surface area (Å²) >= 11 is 0. The van der Waals surface area contributed by atoms with E-state index >= 15 is 0 Å². The molecule has 1 aliphatic rings.